The van der Waals surface area contributed by atoms with E-state index in [2.05, 4.69) is 24.2 Å². The van der Waals surface area contributed by atoms with Crippen LogP contribution in [0.25, 0.3) is 0 Å². The molecule has 1 aliphatic heterocycles. The number of aryl methyl sites for hydroxylation is 1. The predicted octanol–water partition coefficient (Wildman–Crippen LogP) is 4.58. The average Bonchev–Trinajstić information content (AvgIpc) is 3.40. The Morgan fingerprint density at radius 1 is 1.22 bits per heavy atom. The number of oxime groups is 1. The van der Waals surface area contributed by atoms with Crippen LogP contribution in [0.5, 0.6) is 0 Å². The largest absolute Gasteiger partial charge is 0.390 e. The third-order valence-corrected chi connectivity index (χ3v) is 5.35. The van der Waals surface area contributed by atoms with Gasteiger partial charge < -0.3 is 9.74 Å². The molecule has 27 heavy (non-hydrogen) atoms. The fourth-order valence-electron chi connectivity index (χ4n) is 3.50. The Balaban J connectivity index is 1.44. The number of hydrogen-bond acceptors (Lipinski definition) is 3. The van der Waals surface area contributed by atoms with E-state index < -0.39 is 0 Å². The van der Waals surface area contributed by atoms with Gasteiger partial charge in [0.2, 0.25) is 5.91 Å². The maximum Gasteiger partial charge on any atom is 0.226 e. The Labute approximate surface area is 164 Å². The molecule has 1 saturated carbocycles. The first kappa shape index (κ1) is 18.1. The Morgan fingerprint density at radius 3 is 2.78 bits per heavy atom. The predicted molar refractivity (Wildman–Crippen MR) is 107 cm³/mol. The van der Waals surface area contributed by atoms with Crippen molar-refractivity contribution in [2.24, 2.45) is 11.1 Å². The van der Waals surface area contributed by atoms with Crippen molar-refractivity contribution in [1.82, 2.24) is 4.90 Å². The molecule has 2 aromatic rings. The Morgan fingerprint density at radius 2 is 2.04 bits per heavy atom. The molecule has 140 valence electrons. The standard InChI is InChI=1S/C22H23ClN2O2/c1-15-5-2-3-8-20(15)21-12-19(27-24-21)14-25(22(26)17-9-10-17)13-16-6-4-7-18(23)11-16/h2-8,11,17,19H,9-10,12-14H2,1H3. The van der Waals surface area contributed by atoms with Gasteiger partial charge in [-0.05, 0) is 43.0 Å². The van der Waals surface area contributed by atoms with Crippen molar-refractivity contribution >= 4 is 23.2 Å². The van der Waals surface area contributed by atoms with Crippen LogP contribution in [0.15, 0.2) is 53.7 Å². The monoisotopic (exact) mass is 382 g/mol. The molecule has 1 atom stereocenters. The van der Waals surface area contributed by atoms with E-state index in [-0.39, 0.29) is 17.9 Å². The summed E-state index contributed by atoms with van der Waals surface area (Å²) < 4.78 is 0. The fourth-order valence-corrected chi connectivity index (χ4v) is 3.72. The molecule has 1 heterocycles. The molecule has 2 aliphatic rings. The third kappa shape index (κ3) is 4.33. The zero-order chi connectivity index (χ0) is 18.8. The van der Waals surface area contributed by atoms with Crippen LogP contribution in [0.3, 0.4) is 0 Å². The van der Waals surface area contributed by atoms with Crippen LogP contribution in [0, 0.1) is 12.8 Å². The van der Waals surface area contributed by atoms with Gasteiger partial charge in [0, 0.05) is 29.5 Å². The highest BCUT2D eigenvalue weighted by atomic mass is 35.5. The van der Waals surface area contributed by atoms with Crippen molar-refractivity contribution < 1.29 is 9.63 Å². The van der Waals surface area contributed by atoms with E-state index in [0.29, 0.717) is 18.1 Å². The van der Waals surface area contributed by atoms with Gasteiger partial charge >= 0.3 is 0 Å². The molecule has 2 aromatic carbocycles. The van der Waals surface area contributed by atoms with Gasteiger partial charge in [-0.15, -0.1) is 0 Å². The molecular weight excluding hydrogens is 360 g/mol. The summed E-state index contributed by atoms with van der Waals surface area (Å²) in [6.07, 6.45) is 2.58. The van der Waals surface area contributed by atoms with E-state index in [4.69, 9.17) is 16.4 Å². The van der Waals surface area contributed by atoms with E-state index in [9.17, 15) is 4.79 Å². The summed E-state index contributed by atoms with van der Waals surface area (Å²) in [5, 5.41) is 4.99. The number of rotatable bonds is 6. The minimum absolute atomic E-state index is 0.110. The molecule has 0 saturated heterocycles. The van der Waals surface area contributed by atoms with Crippen LogP contribution in [0.4, 0.5) is 0 Å². The quantitative estimate of drug-likeness (QED) is 0.733. The van der Waals surface area contributed by atoms with Crippen LogP contribution in [-0.4, -0.2) is 29.2 Å². The lowest BCUT2D eigenvalue weighted by molar-refractivity contribution is -0.135. The minimum atomic E-state index is -0.110. The second-order valence-electron chi connectivity index (χ2n) is 7.41. The molecule has 0 radical (unpaired) electrons. The second-order valence-corrected chi connectivity index (χ2v) is 7.84. The van der Waals surface area contributed by atoms with Gasteiger partial charge in [0.25, 0.3) is 0 Å². The van der Waals surface area contributed by atoms with Gasteiger partial charge in [0.1, 0.15) is 0 Å². The Bertz CT molecular complexity index is 876. The van der Waals surface area contributed by atoms with Crippen molar-refractivity contribution in [3.8, 4) is 0 Å². The highest BCUT2D eigenvalue weighted by molar-refractivity contribution is 6.30. The van der Waals surface area contributed by atoms with E-state index in [0.717, 1.165) is 36.1 Å². The number of carbonyl (C=O) groups excluding carboxylic acids is 1. The topological polar surface area (TPSA) is 41.9 Å². The zero-order valence-corrected chi connectivity index (χ0v) is 16.2. The van der Waals surface area contributed by atoms with E-state index >= 15 is 0 Å². The normalized spacial score (nSPS) is 18.7. The summed E-state index contributed by atoms with van der Waals surface area (Å²) in [6, 6.07) is 15.9. The van der Waals surface area contributed by atoms with Crippen LogP contribution >= 0.6 is 11.6 Å². The number of hydrogen-bond donors (Lipinski definition) is 0. The van der Waals surface area contributed by atoms with Gasteiger partial charge in [0.15, 0.2) is 6.10 Å². The number of carbonyl (C=O) groups is 1. The lowest BCUT2D eigenvalue weighted by Gasteiger charge is -2.25. The Hall–Kier alpha value is -2.33. The van der Waals surface area contributed by atoms with Crippen molar-refractivity contribution in [3.63, 3.8) is 0 Å². The van der Waals surface area contributed by atoms with Crippen molar-refractivity contribution in [2.75, 3.05) is 6.54 Å². The summed E-state index contributed by atoms with van der Waals surface area (Å²) >= 11 is 6.11. The van der Waals surface area contributed by atoms with Gasteiger partial charge in [-0.3, -0.25) is 4.79 Å². The van der Waals surface area contributed by atoms with Crippen LogP contribution in [0.1, 0.15) is 36.0 Å². The molecule has 0 aromatic heterocycles. The summed E-state index contributed by atoms with van der Waals surface area (Å²) in [5.74, 6) is 0.380. The first-order chi connectivity index (χ1) is 13.1. The maximum absolute atomic E-state index is 12.8. The van der Waals surface area contributed by atoms with Crippen LogP contribution in [0.2, 0.25) is 5.02 Å². The third-order valence-electron chi connectivity index (χ3n) is 5.11. The number of nitrogens with zero attached hydrogens (tertiary/aromatic N) is 2. The van der Waals surface area contributed by atoms with Crippen LogP contribution in [-0.2, 0) is 16.2 Å². The first-order valence-corrected chi connectivity index (χ1v) is 9.80. The van der Waals surface area contributed by atoms with E-state index in [1.165, 1.54) is 5.56 Å². The highest BCUT2D eigenvalue weighted by Crippen LogP contribution is 2.32. The molecule has 1 aliphatic carbocycles. The highest BCUT2D eigenvalue weighted by Gasteiger charge is 2.35. The van der Waals surface area contributed by atoms with Crippen molar-refractivity contribution in [3.05, 3.63) is 70.2 Å². The molecule has 1 unspecified atom stereocenters. The zero-order valence-electron chi connectivity index (χ0n) is 15.4. The molecule has 0 N–H and O–H groups in total. The van der Waals surface area contributed by atoms with E-state index in [1.54, 1.807) is 0 Å². The molecule has 0 spiro atoms. The number of halogens is 1. The van der Waals surface area contributed by atoms with Gasteiger partial charge in [-0.1, -0.05) is 53.2 Å². The van der Waals surface area contributed by atoms with Crippen molar-refractivity contribution in [2.45, 2.75) is 38.8 Å². The average molecular weight is 383 g/mol. The maximum atomic E-state index is 12.8. The van der Waals surface area contributed by atoms with E-state index in [1.807, 2.05) is 41.3 Å². The molecular formula is C22H23ClN2O2. The van der Waals surface area contributed by atoms with Gasteiger partial charge in [0.05, 0.1) is 12.3 Å². The second kappa shape index (κ2) is 7.73. The number of benzene rings is 2. The van der Waals surface area contributed by atoms with Crippen molar-refractivity contribution in [1.29, 1.82) is 0 Å². The molecule has 0 bridgehead atoms. The Kier molecular flexibility index (Phi) is 5.17. The smallest absolute Gasteiger partial charge is 0.226 e. The lowest BCUT2D eigenvalue weighted by atomic mass is 10.00. The first-order valence-electron chi connectivity index (χ1n) is 9.42. The molecule has 5 heteroatoms. The SMILES string of the molecule is Cc1ccccc1C1=NOC(CN(Cc2cccc(Cl)c2)C(=O)C2CC2)C1. The summed E-state index contributed by atoms with van der Waals surface area (Å²) in [7, 11) is 0. The minimum Gasteiger partial charge on any atom is -0.390 e. The molecule has 4 nitrogen and oxygen atoms in total. The van der Waals surface area contributed by atoms with Gasteiger partial charge in [-0.2, -0.15) is 0 Å². The summed E-state index contributed by atoms with van der Waals surface area (Å²) in [6.45, 7) is 3.17. The molecule has 1 amide bonds. The summed E-state index contributed by atoms with van der Waals surface area (Å²) in [4.78, 5) is 20.4. The molecule has 1 fully saturated rings. The van der Waals surface area contributed by atoms with Crippen LogP contribution < -0.4 is 0 Å². The lowest BCUT2D eigenvalue weighted by Crippen LogP contribution is -2.38. The summed E-state index contributed by atoms with van der Waals surface area (Å²) in [5.41, 5.74) is 4.30. The van der Waals surface area contributed by atoms with Gasteiger partial charge in [-0.25, -0.2) is 0 Å². The molecule has 4 rings (SSSR count). The number of amides is 1. The fraction of sp³-hybridized carbons (Fsp3) is 0.364.